The largest absolute Gasteiger partial charge is 0.435 e. The lowest BCUT2D eigenvalue weighted by Gasteiger charge is -2.11. The standard InChI is InChI=1S/C26H25FN6O5/c1-37-10-9-33-20-12-16(13-22(28)34)4-6-19(20)31-26(33)32-23(35)14-15-5-7-21(18(27)11-15)38-25-17(24(29)36)3-2-8-30-25/h2-8,11-12H,9-10,13-14H2,1H3,(H2,28,34)(H2,29,36)(H,31,32,35). The number of primary amides is 2. The Morgan fingerprint density at radius 1 is 1.05 bits per heavy atom. The second kappa shape index (κ2) is 11.5. The van der Waals surface area contributed by atoms with Gasteiger partial charge < -0.3 is 25.5 Å². The van der Waals surface area contributed by atoms with Gasteiger partial charge in [-0.15, -0.1) is 0 Å². The maximum atomic E-state index is 14.8. The maximum Gasteiger partial charge on any atom is 0.254 e. The Balaban J connectivity index is 1.51. The molecule has 0 atom stereocenters. The highest BCUT2D eigenvalue weighted by Crippen LogP contribution is 2.27. The van der Waals surface area contributed by atoms with Crippen molar-refractivity contribution in [3.05, 3.63) is 77.2 Å². The van der Waals surface area contributed by atoms with Gasteiger partial charge in [0, 0.05) is 19.9 Å². The third-order valence-corrected chi connectivity index (χ3v) is 5.57. The highest BCUT2D eigenvalue weighted by Gasteiger charge is 2.17. The van der Waals surface area contributed by atoms with E-state index < -0.39 is 23.5 Å². The van der Waals surface area contributed by atoms with Gasteiger partial charge in [0.1, 0.15) is 5.56 Å². The molecule has 4 rings (SSSR count). The number of pyridine rings is 1. The van der Waals surface area contributed by atoms with Crippen LogP contribution in [-0.2, 0) is 33.7 Å². The van der Waals surface area contributed by atoms with E-state index in [1.54, 1.807) is 29.9 Å². The van der Waals surface area contributed by atoms with E-state index in [9.17, 15) is 18.8 Å². The van der Waals surface area contributed by atoms with Crippen LogP contribution < -0.4 is 21.5 Å². The molecule has 2 aromatic heterocycles. The average Bonchev–Trinajstić information content (AvgIpc) is 3.20. The predicted molar refractivity (Wildman–Crippen MR) is 136 cm³/mol. The van der Waals surface area contributed by atoms with E-state index in [4.69, 9.17) is 20.9 Å². The molecule has 0 saturated heterocycles. The van der Waals surface area contributed by atoms with Crippen LogP contribution in [0.4, 0.5) is 10.3 Å². The number of carbonyl (C=O) groups excluding carboxylic acids is 3. The van der Waals surface area contributed by atoms with E-state index in [-0.39, 0.29) is 36.0 Å². The summed E-state index contributed by atoms with van der Waals surface area (Å²) < 4.78 is 27.1. The van der Waals surface area contributed by atoms with Gasteiger partial charge in [0.05, 0.1) is 30.5 Å². The number of nitrogens with one attached hydrogen (secondary N) is 1. The molecule has 0 aliphatic rings. The monoisotopic (exact) mass is 520 g/mol. The first-order valence-corrected chi connectivity index (χ1v) is 11.5. The zero-order valence-corrected chi connectivity index (χ0v) is 20.4. The van der Waals surface area contributed by atoms with Gasteiger partial charge in [0.15, 0.2) is 11.6 Å². The number of carbonyl (C=O) groups is 3. The molecular formula is C26H25FN6O5. The summed E-state index contributed by atoms with van der Waals surface area (Å²) in [5, 5.41) is 2.76. The molecule has 0 aliphatic carbocycles. The fourth-order valence-electron chi connectivity index (χ4n) is 3.84. The summed E-state index contributed by atoms with van der Waals surface area (Å²) in [4.78, 5) is 44.1. The van der Waals surface area contributed by atoms with Gasteiger partial charge in [-0.2, -0.15) is 0 Å². The second-order valence-electron chi connectivity index (χ2n) is 8.36. The van der Waals surface area contributed by atoms with Crippen molar-refractivity contribution in [2.75, 3.05) is 19.0 Å². The fourth-order valence-corrected chi connectivity index (χ4v) is 3.84. The summed E-state index contributed by atoms with van der Waals surface area (Å²) in [6.07, 6.45) is 1.31. The van der Waals surface area contributed by atoms with E-state index in [2.05, 4.69) is 15.3 Å². The van der Waals surface area contributed by atoms with Crippen LogP contribution in [0.1, 0.15) is 21.5 Å². The summed E-state index contributed by atoms with van der Waals surface area (Å²) in [5.41, 5.74) is 13.0. The lowest BCUT2D eigenvalue weighted by atomic mass is 10.1. The number of imidazole rings is 1. The normalized spacial score (nSPS) is 10.9. The predicted octanol–water partition coefficient (Wildman–Crippen LogP) is 2.32. The molecule has 5 N–H and O–H groups in total. The number of hydrogen-bond donors (Lipinski definition) is 3. The SMILES string of the molecule is COCCn1c(NC(=O)Cc2ccc(Oc3ncccc3C(N)=O)c(F)c2)nc2ccc(CC(N)=O)cc21. The zero-order chi connectivity index (χ0) is 27.2. The van der Waals surface area contributed by atoms with E-state index in [0.29, 0.717) is 35.3 Å². The van der Waals surface area contributed by atoms with Gasteiger partial charge in [0.25, 0.3) is 5.91 Å². The Morgan fingerprint density at radius 2 is 1.82 bits per heavy atom. The number of hydrogen-bond acceptors (Lipinski definition) is 7. The van der Waals surface area contributed by atoms with Gasteiger partial charge in [0.2, 0.25) is 23.6 Å². The van der Waals surface area contributed by atoms with Crippen LogP contribution >= 0.6 is 0 Å². The first-order chi connectivity index (χ1) is 18.2. The Morgan fingerprint density at radius 3 is 2.53 bits per heavy atom. The number of nitrogens with zero attached hydrogens (tertiary/aromatic N) is 3. The number of methoxy groups -OCH3 is 1. The number of aromatic nitrogens is 3. The summed E-state index contributed by atoms with van der Waals surface area (Å²) in [7, 11) is 1.56. The molecule has 4 aromatic rings. The number of fused-ring (bicyclic) bond motifs is 1. The first kappa shape index (κ1) is 26.2. The van der Waals surface area contributed by atoms with Crippen molar-refractivity contribution >= 4 is 34.7 Å². The van der Waals surface area contributed by atoms with Crippen LogP contribution in [0, 0.1) is 5.82 Å². The molecule has 2 aromatic carbocycles. The van der Waals surface area contributed by atoms with Gasteiger partial charge in [-0.3, -0.25) is 19.7 Å². The molecule has 0 bridgehead atoms. The lowest BCUT2D eigenvalue weighted by Crippen LogP contribution is -2.19. The Hall–Kier alpha value is -4.84. The van der Waals surface area contributed by atoms with E-state index in [1.165, 1.54) is 30.5 Å². The smallest absolute Gasteiger partial charge is 0.254 e. The summed E-state index contributed by atoms with van der Waals surface area (Å²) in [6.45, 7) is 0.749. The van der Waals surface area contributed by atoms with E-state index in [0.717, 1.165) is 6.07 Å². The van der Waals surface area contributed by atoms with Crippen LogP contribution in [0.15, 0.2) is 54.7 Å². The van der Waals surface area contributed by atoms with Crippen molar-refractivity contribution in [2.45, 2.75) is 19.4 Å². The highest BCUT2D eigenvalue weighted by atomic mass is 19.1. The number of halogens is 1. The molecule has 0 radical (unpaired) electrons. The Kier molecular flexibility index (Phi) is 7.92. The second-order valence-corrected chi connectivity index (χ2v) is 8.36. The van der Waals surface area contributed by atoms with Crippen LogP contribution in [0.5, 0.6) is 11.6 Å². The minimum absolute atomic E-state index is 0.00784. The number of amides is 3. The minimum Gasteiger partial charge on any atom is -0.435 e. The fraction of sp³-hybridized carbons (Fsp3) is 0.192. The summed E-state index contributed by atoms with van der Waals surface area (Å²) >= 11 is 0. The number of rotatable bonds is 11. The summed E-state index contributed by atoms with van der Waals surface area (Å²) in [6, 6.07) is 12.2. The topological polar surface area (TPSA) is 164 Å². The maximum absolute atomic E-state index is 14.8. The number of benzene rings is 2. The van der Waals surface area contributed by atoms with Crippen LogP contribution in [0.2, 0.25) is 0 Å². The molecule has 0 fully saturated rings. The van der Waals surface area contributed by atoms with Gasteiger partial charge >= 0.3 is 0 Å². The zero-order valence-electron chi connectivity index (χ0n) is 20.4. The average molecular weight is 521 g/mol. The lowest BCUT2D eigenvalue weighted by molar-refractivity contribution is -0.117. The quantitative estimate of drug-likeness (QED) is 0.273. The number of ether oxygens (including phenoxy) is 2. The Bertz CT molecular complexity index is 1520. The van der Waals surface area contributed by atoms with Crippen LogP contribution in [-0.4, -0.2) is 46.0 Å². The van der Waals surface area contributed by atoms with Crippen molar-refractivity contribution in [1.29, 1.82) is 0 Å². The first-order valence-electron chi connectivity index (χ1n) is 11.5. The van der Waals surface area contributed by atoms with Crippen molar-refractivity contribution in [1.82, 2.24) is 14.5 Å². The van der Waals surface area contributed by atoms with Crippen molar-refractivity contribution in [2.24, 2.45) is 11.5 Å². The third-order valence-electron chi connectivity index (χ3n) is 5.57. The molecule has 0 aliphatic heterocycles. The van der Waals surface area contributed by atoms with Crippen molar-refractivity contribution < 1.29 is 28.2 Å². The van der Waals surface area contributed by atoms with Crippen molar-refractivity contribution in [3.8, 4) is 11.6 Å². The molecule has 11 nitrogen and oxygen atoms in total. The molecule has 0 saturated carbocycles. The van der Waals surface area contributed by atoms with E-state index >= 15 is 0 Å². The molecule has 3 amide bonds. The molecular weight excluding hydrogens is 495 g/mol. The highest BCUT2D eigenvalue weighted by molar-refractivity contribution is 5.95. The van der Waals surface area contributed by atoms with E-state index in [1.807, 2.05) is 0 Å². The molecule has 0 spiro atoms. The van der Waals surface area contributed by atoms with Crippen LogP contribution in [0.3, 0.4) is 0 Å². The number of anilines is 1. The number of nitrogens with two attached hydrogens (primary N) is 2. The van der Waals surface area contributed by atoms with Gasteiger partial charge in [-0.05, 0) is 47.5 Å². The van der Waals surface area contributed by atoms with Gasteiger partial charge in [-0.25, -0.2) is 14.4 Å². The van der Waals surface area contributed by atoms with Gasteiger partial charge in [-0.1, -0.05) is 12.1 Å². The third kappa shape index (κ3) is 6.10. The molecule has 0 unspecified atom stereocenters. The molecule has 2 heterocycles. The Labute approximate surface area is 216 Å². The van der Waals surface area contributed by atoms with Crippen LogP contribution in [0.25, 0.3) is 11.0 Å². The minimum atomic E-state index is -0.762. The summed E-state index contributed by atoms with van der Waals surface area (Å²) in [5.74, 6) is -2.41. The van der Waals surface area contributed by atoms with Crippen molar-refractivity contribution in [3.63, 3.8) is 0 Å². The molecule has 196 valence electrons. The molecule has 38 heavy (non-hydrogen) atoms. The molecule has 12 heteroatoms.